The molecule has 5 aromatic rings. The molecule has 130 valence electrons. The average Bonchev–Trinajstić information content (AvgIpc) is 3.16. The largest absolute Gasteiger partial charge is 0.438 e. The molecule has 0 saturated carbocycles. The number of thiazole rings is 1. The number of benzene rings is 2. The van der Waals surface area contributed by atoms with Crippen LogP contribution in [0.5, 0.6) is 11.6 Å². The van der Waals surface area contributed by atoms with Gasteiger partial charge in [0.15, 0.2) is 5.82 Å². The van der Waals surface area contributed by atoms with E-state index in [9.17, 15) is 0 Å². The molecule has 0 amide bonds. The van der Waals surface area contributed by atoms with Crippen molar-refractivity contribution in [3.8, 4) is 23.1 Å². The van der Waals surface area contributed by atoms with Crippen LogP contribution in [0.2, 0.25) is 0 Å². The highest BCUT2D eigenvalue weighted by Gasteiger charge is 2.13. The Balaban J connectivity index is 1.65. The molecule has 2 aromatic carbocycles. The van der Waals surface area contributed by atoms with Crippen molar-refractivity contribution in [3.63, 3.8) is 0 Å². The third-order valence-electron chi connectivity index (χ3n) is 4.20. The average molecular weight is 370 g/mol. The van der Waals surface area contributed by atoms with Crippen molar-refractivity contribution in [1.82, 2.24) is 19.9 Å². The standard InChI is InChI=1S/C21H14N4OS/c1-13-5-4-8-17(23-13)20-24-16-7-3-2-6-15(16)21(25-20)26-14-9-10-19-18(11-14)22-12-27-19/h2-12H,1H3. The Hall–Kier alpha value is -3.38. The maximum Gasteiger partial charge on any atom is 0.230 e. The van der Waals surface area contributed by atoms with Gasteiger partial charge >= 0.3 is 0 Å². The van der Waals surface area contributed by atoms with Gasteiger partial charge < -0.3 is 4.74 Å². The van der Waals surface area contributed by atoms with E-state index in [2.05, 4.69) is 19.9 Å². The van der Waals surface area contributed by atoms with Crippen LogP contribution < -0.4 is 4.74 Å². The maximum absolute atomic E-state index is 6.15. The number of rotatable bonds is 3. The van der Waals surface area contributed by atoms with E-state index in [0.717, 1.165) is 32.5 Å². The zero-order valence-electron chi connectivity index (χ0n) is 14.5. The Kier molecular flexibility index (Phi) is 3.76. The van der Waals surface area contributed by atoms with E-state index < -0.39 is 0 Å². The number of pyridine rings is 1. The highest BCUT2D eigenvalue weighted by atomic mass is 32.1. The van der Waals surface area contributed by atoms with Crippen LogP contribution in [-0.4, -0.2) is 19.9 Å². The lowest BCUT2D eigenvalue weighted by Crippen LogP contribution is -1.98. The third kappa shape index (κ3) is 3.00. The molecule has 0 saturated heterocycles. The number of ether oxygens (including phenoxy) is 1. The number of hydrogen-bond acceptors (Lipinski definition) is 6. The lowest BCUT2D eigenvalue weighted by molar-refractivity contribution is 0.469. The molecule has 3 heterocycles. The quantitative estimate of drug-likeness (QED) is 0.425. The molecular weight excluding hydrogens is 356 g/mol. The van der Waals surface area contributed by atoms with Gasteiger partial charge in [-0.25, -0.2) is 15.0 Å². The highest BCUT2D eigenvalue weighted by molar-refractivity contribution is 7.16. The predicted octanol–water partition coefficient (Wildman–Crippen LogP) is 5.40. The number of nitrogens with zero attached hydrogens (tertiary/aromatic N) is 4. The number of para-hydroxylation sites is 1. The van der Waals surface area contributed by atoms with E-state index in [1.807, 2.05) is 73.1 Å². The van der Waals surface area contributed by atoms with Gasteiger partial charge in [-0.2, -0.15) is 4.98 Å². The summed E-state index contributed by atoms with van der Waals surface area (Å²) in [5.41, 5.74) is 5.20. The fraction of sp³-hybridized carbons (Fsp3) is 0.0476. The van der Waals surface area contributed by atoms with Gasteiger partial charge in [0.05, 0.1) is 26.6 Å². The first kappa shape index (κ1) is 15.8. The third-order valence-corrected chi connectivity index (χ3v) is 5.01. The number of hydrogen-bond donors (Lipinski definition) is 0. The summed E-state index contributed by atoms with van der Waals surface area (Å²) in [4.78, 5) is 18.2. The molecule has 5 rings (SSSR count). The van der Waals surface area contributed by atoms with Crippen LogP contribution >= 0.6 is 11.3 Å². The summed E-state index contributed by atoms with van der Waals surface area (Å²) < 4.78 is 7.27. The number of aromatic nitrogens is 4. The summed E-state index contributed by atoms with van der Waals surface area (Å²) in [5, 5.41) is 0.854. The van der Waals surface area contributed by atoms with Gasteiger partial charge in [-0.1, -0.05) is 18.2 Å². The minimum atomic E-state index is 0.508. The van der Waals surface area contributed by atoms with Crippen LogP contribution in [0.3, 0.4) is 0 Å². The van der Waals surface area contributed by atoms with Crippen LogP contribution in [-0.2, 0) is 0 Å². The molecule has 0 aliphatic rings. The first-order valence-electron chi connectivity index (χ1n) is 8.48. The maximum atomic E-state index is 6.15. The molecule has 3 aromatic heterocycles. The van der Waals surface area contributed by atoms with Crippen molar-refractivity contribution in [2.75, 3.05) is 0 Å². The second-order valence-corrected chi connectivity index (χ2v) is 7.00. The Bertz CT molecular complexity index is 1280. The molecule has 0 aliphatic heterocycles. The molecule has 0 spiro atoms. The normalized spacial score (nSPS) is 11.1. The zero-order chi connectivity index (χ0) is 18.2. The minimum absolute atomic E-state index is 0.508. The fourth-order valence-electron chi connectivity index (χ4n) is 2.92. The molecule has 0 fully saturated rings. The summed E-state index contributed by atoms with van der Waals surface area (Å²) in [7, 11) is 0. The second kappa shape index (κ2) is 6.41. The zero-order valence-corrected chi connectivity index (χ0v) is 15.3. The molecule has 6 heteroatoms. The SMILES string of the molecule is Cc1cccc(-c2nc(Oc3ccc4scnc4c3)c3ccccc3n2)n1. The van der Waals surface area contributed by atoms with E-state index in [1.165, 1.54) is 0 Å². The van der Waals surface area contributed by atoms with Crippen LogP contribution in [0.25, 0.3) is 32.6 Å². The smallest absolute Gasteiger partial charge is 0.230 e. The van der Waals surface area contributed by atoms with Crippen LogP contribution in [0, 0.1) is 6.92 Å². The van der Waals surface area contributed by atoms with Gasteiger partial charge in [-0.3, -0.25) is 0 Å². The molecule has 5 nitrogen and oxygen atoms in total. The molecule has 0 N–H and O–H groups in total. The monoisotopic (exact) mass is 370 g/mol. The topological polar surface area (TPSA) is 60.8 Å². The molecule has 0 atom stereocenters. The van der Waals surface area contributed by atoms with Crippen molar-refractivity contribution in [2.45, 2.75) is 6.92 Å². The van der Waals surface area contributed by atoms with Gasteiger partial charge in [-0.05, 0) is 43.3 Å². The summed E-state index contributed by atoms with van der Waals surface area (Å²) in [6.07, 6.45) is 0. The van der Waals surface area contributed by atoms with Crippen molar-refractivity contribution in [2.24, 2.45) is 0 Å². The van der Waals surface area contributed by atoms with Crippen molar-refractivity contribution in [3.05, 3.63) is 71.9 Å². The summed E-state index contributed by atoms with van der Waals surface area (Å²) in [6.45, 7) is 1.95. The van der Waals surface area contributed by atoms with E-state index in [1.54, 1.807) is 11.3 Å². The predicted molar refractivity (Wildman–Crippen MR) is 107 cm³/mol. The first-order chi connectivity index (χ1) is 13.3. The minimum Gasteiger partial charge on any atom is -0.438 e. The Morgan fingerprint density at radius 3 is 2.70 bits per heavy atom. The van der Waals surface area contributed by atoms with E-state index in [4.69, 9.17) is 4.74 Å². The number of aryl methyl sites for hydroxylation is 1. The van der Waals surface area contributed by atoms with Crippen LogP contribution in [0.4, 0.5) is 0 Å². The summed E-state index contributed by atoms with van der Waals surface area (Å²) in [6, 6.07) is 19.5. The molecule has 0 unspecified atom stereocenters. The van der Waals surface area contributed by atoms with Crippen molar-refractivity contribution in [1.29, 1.82) is 0 Å². The van der Waals surface area contributed by atoms with Crippen LogP contribution in [0.15, 0.2) is 66.2 Å². The molecule has 0 bridgehead atoms. The molecule has 0 radical (unpaired) electrons. The van der Waals surface area contributed by atoms with Crippen LogP contribution in [0.1, 0.15) is 5.69 Å². The van der Waals surface area contributed by atoms with Gasteiger partial charge in [-0.15, -0.1) is 11.3 Å². The fourth-order valence-corrected chi connectivity index (χ4v) is 3.58. The van der Waals surface area contributed by atoms with Gasteiger partial charge in [0.25, 0.3) is 0 Å². The molecule has 27 heavy (non-hydrogen) atoms. The van der Waals surface area contributed by atoms with E-state index >= 15 is 0 Å². The first-order valence-corrected chi connectivity index (χ1v) is 9.36. The molecule has 0 aliphatic carbocycles. The lowest BCUT2D eigenvalue weighted by atomic mass is 10.2. The Morgan fingerprint density at radius 2 is 1.78 bits per heavy atom. The van der Waals surface area contributed by atoms with Gasteiger partial charge in [0, 0.05) is 11.8 Å². The summed E-state index contributed by atoms with van der Waals surface area (Å²) >= 11 is 1.61. The molecular formula is C21H14N4OS. The highest BCUT2D eigenvalue weighted by Crippen LogP contribution is 2.31. The number of fused-ring (bicyclic) bond motifs is 2. The van der Waals surface area contributed by atoms with Crippen molar-refractivity contribution < 1.29 is 4.74 Å². The Labute approximate surface area is 159 Å². The van der Waals surface area contributed by atoms with Gasteiger partial charge in [0.2, 0.25) is 5.88 Å². The van der Waals surface area contributed by atoms with Crippen molar-refractivity contribution >= 4 is 32.5 Å². The Morgan fingerprint density at radius 1 is 0.852 bits per heavy atom. The summed E-state index contributed by atoms with van der Waals surface area (Å²) in [5.74, 6) is 1.75. The second-order valence-electron chi connectivity index (χ2n) is 6.12. The lowest BCUT2D eigenvalue weighted by Gasteiger charge is -2.10. The van der Waals surface area contributed by atoms with E-state index in [0.29, 0.717) is 17.5 Å². The van der Waals surface area contributed by atoms with E-state index in [-0.39, 0.29) is 0 Å². The van der Waals surface area contributed by atoms with Gasteiger partial charge in [0.1, 0.15) is 11.4 Å².